The molecule has 1 aromatic carbocycles. The highest BCUT2D eigenvalue weighted by Gasteiger charge is 2.18. The SMILES string of the molecule is NC(Cc1ccccc1F)CS(=O)(=O)NCc1ccc(C(F)F)nc1. The number of nitrogens with zero attached hydrogens (tertiary/aromatic N) is 1. The number of nitrogens with one attached hydrogen (secondary N) is 1. The molecule has 1 unspecified atom stereocenters. The van der Waals surface area contributed by atoms with E-state index in [2.05, 4.69) is 9.71 Å². The summed E-state index contributed by atoms with van der Waals surface area (Å²) in [6, 6.07) is 7.74. The molecule has 1 heterocycles. The van der Waals surface area contributed by atoms with E-state index in [1.54, 1.807) is 12.1 Å². The summed E-state index contributed by atoms with van der Waals surface area (Å²) in [6.07, 6.45) is -1.41. The van der Waals surface area contributed by atoms with Crippen molar-refractivity contribution in [3.8, 4) is 0 Å². The normalized spacial score (nSPS) is 13.2. The lowest BCUT2D eigenvalue weighted by Gasteiger charge is -2.13. The Balaban J connectivity index is 1.89. The zero-order chi connectivity index (χ0) is 18.4. The second-order valence-electron chi connectivity index (χ2n) is 5.55. The number of benzene rings is 1. The Bertz CT molecular complexity index is 799. The second kappa shape index (κ2) is 8.41. The van der Waals surface area contributed by atoms with Crippen molar-refractivity contribution in [1.29, 1.82) is 0 Å². The van der Waals surface area contributed by atoms with Gasteiger partial charge >= 0.3 is 0 Å². The van der Waals surface area contributed by atoms with Crippen LogP contribution in [0, 0.1) is 5.82 Å². The highest BCUT2D eigenvalue weighted by molar-refractivity contribution is 7.89. The van der Waals surface area contributed by atoms with E-state index < -0.39 is 28.3 Å². The van der Waals surface area contributed by atoms with Crippen molar-refractivity contribution < 1.29 is 21.6 Å². The van der Waals surface area contributed by atoms with Crippen LogP contribution in [-0.4, -0.2) is 25.2 Å². The third-order valence-corrected chi connectivity index (χ3v) is 4.89. The summed E-state index contributed by atoms with van der Waals surface area (Å²) < 4.78 is 64.8. The molecule has 2 rings (SSSR count). The molecule has 9 heteroatoms. The van der Waals surface area contributed by atoms with E-state index in [4.69, 9.17) is 5.73 Å². The Morgan fingerprint density at radius 1 is 1.16 bits per heavy atom. The maximum Gasteiger partial charge on any atom is 0.280 e. The number of hydrogen-bond donors (Lipinski definition) is 2. The molecule has 3 N–H and O–H groups in total. The zero-order valence-electron chi connectivity index (χ0n) is 13.2. The number of hydrogen-bond acceptors (Lipinski definition) is 4. The topological polar surface area (TPSA) is 85.1 Å². The Kier molecular flexibility index (Phi) is 6.51. The Morgan fingerprint density at radius 2 is 1.88 bits per heavy atom. The Morgan fingerprint density at radius 3 is 2.48 bits per heavy atom. The van der Waals surface area contributed by atoms with Crippen molar-refractivity contribution in [2.75, 3.05) is 5.75 Å². The standard InChI is InChI=1S/C16H18F3N3O2S/c17-14-4-2-1-3-12(14)7-13(20)10-25(23,24)22-9-11-5-6-15(16(18)19)21-8-11/h1-6,8,13,16,22H,7,9-10,20H2. The van der Waals surface area contributed by atoms with E-state index in [0.29, 0.717) is 11.1 Å². The molecule has 0 spiro atoms. The van der Waals surface area contributed by atoms with Crippen LogP contribution in [0.3, 0.4) is 0 Å². The molecular formula is C16H18F3N3O2S. The zero-order valence-corrected chi connectivity index (χ0v) is 14.0. The van der Waals surface area contributed by atoms with Crippen LogP contribution in [0.15, 0.2) is 42.6 Å². The van der Waals surface area contributed by atoms with Gasteiger partial charge < -0.3 is 5.73 Å². The minimum atomic E-state index is -3.71. The summed E-state index contributed by atoms with van der Waals surface area (Å²) in [5.41, 5.74) is 6.21. The van der Waals surface area contributed by atoms with Crippen LogP contribution in [-0.2, 0) is 23.0 Å². The molecule has 0 saturated carbocycles. The monoisotopic (exact) mass is 373 g/mol. The second-order valence-corrected chi connectivity index (χ2v) is 7.40. The first-order valence-corrected chi connectivity index (χ1v) is 9.11. The van der Waals surface area contributed by atoms with E-state index >= 15 is 0 Å². The van der Waals surface area contributed by atoms with Crippen LogP contribution in [0.4, 0.5) is 13.2 Å². The number of rotatable bonds is 8. The molecule has 0 saturated heterocycles. The van der Waals surface area contributed by atoms with Gasteiger partial charge in [-0.1, -0.05) is 24.3 Å². The van der Waals surface area contributed by atoms with E-state index in [-0.39, 0.29) is 24.4 Å². The van der Waals surface area contributed by atoms with E-state index in [0.717, 1.165) is 6.07 Å². The number of aromatic nitrogens is 1. The van der Waals surface area contributed by atoms with Crippen molar-refractivity contribution in [3.63, 3.8) is 0 Å². The summed E-state index contributed by atoms with van der Waals surface area (Å²) in [5, 5.41) is 0. The maximum atomic E-state index is 13.6. The fourth-order valence-electron chi connectivity index (χ4n) is 2.21. The Labute approximate surface area is 144 Å². The summed E-state index contributed by atoms with van der Waals surface area (Å²) in [6.45, 7) is -0.0920. The smallest absolute Gasteiger partial charge is 0.280 e. The maximum absolute atomic E-state index is 13.6. The van der Waals surface area contributed by atoms with Gasteiger partial charge in [-0.2, -0.15) is 0 Å². The predicted molar refractivity (Wildman–Crippen MR) is 87.9 cm³/mol. The largest absolute Gasteiger partial charge is 0.326 e. The molecule has 0 bridgehead atoms. The first-order valence-electron chi connectivity index (χ1n) is 7.46. The molecule has 0 amide bonds. The van der Waals surface area contributed by atoms with E-state index in [9.17, 15) is 21.6 Å². The van der Waals surface area contributed by atoms with Crippen LogP contribution in [0.1, 0.15) is 23.2 Å². The van der Waals surface area contributed by atoms with Gasteiger partial charge in [-0.15, -0.1) is 0 Å². The van der Waals surface area contributed by atoms with Gasteiger partial charge in [0.15, 0.2) is 0 Å². The molecule has 0 aliphatic rings. The van der Waals surface area contributed by atoms with Crippen LogP contribution in [0.5, 0.6) is 0 Å². The van der Waals surface area contributed by atoms with Crippen LogP contribution < -0.4 is 10.5 Å². The lowest BCUT2D eigenvalue weighted by Crippen LogP contribution is -2.37. The lowest BCUT2D eigenvalue weighted by atomic mass is 10.1. The molecule has 0 aliphatic heterocycles. The molecule has 1 atom stereocenters. The first kappa shape index (κ1) is 19.4. The lowest BCUT2D eigenvalue weighted by molar-refractivity contribution is 0.146. The highest BCUT2D eigenvalue weighted by atomic mass is 32.2. The molecular weight excluding hydrogens is 355 g/mol. The molecule has 25 heavy (non-hydrogen) atoms. The summed E-state index contributed by atoms with van der Waals surface area (Å²) in [7, 11) is -3.71. The minimum Gasteiger partial charge on any atom is -0.326 e. The van der Waals surface area contributed by atoms with Gasteiger partial charge in [0.05, 0.1) is 5.75 Å². The quantitative estimate of drug-likeness (QED) is 0.743. The summed E-state index contributed by atoms with van der Waals surface area (Å²) >= 11 is 0. The van der Waals surface area contributed by atoms with Gasteiger partial charge in [-0.25, -0.2) is 26.3 Å². The number of halogens is 3. The molecule has 0 radical (unpaired) electrons. The van der Waals surface area contributed by atoms with Gasteiger partial charge in [-0.3, -0.25) is 4.98 Å². The third-order valence-electron chi connectivity index (χ3n) is 3.44. The molecule has 0 aliphatic carbocycles. The summed E-state index contributed by atoms with van der Waals surface area (Å²) in [5.74, 6) is -0.822. The minimum absolute atomic E-state index is 0.0816. The molecule has 2 aromatic rings. The van der Waals surface area contributed by atoms with Crippen LogP contribution in [0.2, 0.25) is 0 Å². The van der Waals surface area contributed by atoms with E-state index in [1.807, 2.05) is 0 Å². The van der Waals surface area contributed by atoms with Gasteiger partial charge in [-0.05, 0) is 29.7 Å². The molecule has 5 nitrogen and oxygen atoms in total. The van der Waals surface area contributed by atoms with Crippen molar-refractivity contribution in [2.45, 2.75) is 25.4 Å². The van der Waals surface area contributed by atoms with Crippen LogP contribution in [0.25, 0.3) is 0 Å². The molecule has 136 valence electrons. The molecule has 1 aromatic heterocycles. The Hall–Kier alpha value is -1.97. The van der Waals surface area contributed by atoms with Crippen molar-refractivity contribution in [2.24, 2.45) is 5.73 Å². The fraction of sp³-hybridized carbons (Fsp3) is 0.312. The summed E-state index contributed by atoms with van der Waals surface area (Å²) in [4.78, 5) is 3.55. The number of alkyl halides is 2. The van der Waals surface area contributed by atoms with E-state index in [1.165, 1.54) is 24.4 Å². The predicted octanol–water partition coefficient (Wildman–Crippen LogP) is 2.15. The third kappa shape index (κ3) is 6.11. The average molecular weight is 373 g/mol. The number of nitrogens with two attached hydrogens (primary N) is 1. The fourth-order valence-corrected chi connectivity index (χ4v) is 3.39. The average Bonchev–Trinajstić information content (AvgIpc) is 2.55. The van der Waals surface area contributed by atoms with Crippen LogP contribution >= 0.6 is 0 Å². The van der Waals surface area contributed by atoms with Gasteiger partial charge in [0.25, 0.3) is 6.43 Å². The number of pyridine rings is 1. The van der Waals surface area contributed by atoms with Gasteiger partial charge in [0.2, 0.25) is 10.0 Å². The van der Waals surface area contributed by atoms with Crippen molar-refractivity contribution in [1.82, 2.24) is 9.71 Å². The van der Waals surface area contributed by atoms with Gasteiger partial charge in [0.1, 0.15) is 11.5 Å². The highest BCUT2D eigenvalue weighted by Crippen LogP contribution is 2.15. The molecule has 0 fully saturated rings. The van der Waals surface area contributed by atoms with Crippen molar-refractivity contribution in [3.05, 3.63) is 65.2 Å². The van der Waals surface area contributed by atoms with Crippen molar-refractivity contribution >= 4 is 10.0 Å². The first-order chi connectivity index (χ1) is 11.8. The van der Waals surface area contributed by atoms with Gasteiger partial charge in [0, 0.05) is 18.8 Å². The number of sulfonamides is 1.